The molecule has 0 aliphatic rings. The summed E-state index contributed by atoms with van der Waals surface area (Å²) in [5.74, 6) is -1.01. The maximum atomic E-state index is 12.0. The number of carbonyl (C=O) groups excluding carboxylic acids is 1. The Kier molecular flexibility index (Phi) is 5.12. The van der Waals surface area contributed by atoms with Gasteiger partial charge >= 0.3 is 5.97 Å². The third kappa shape index (κ3) is 4.67. The second-order valence-corrected chi connectivity index (χ2v) is 6.01. The van der Waals surface area contributed by atoms with Crippen molar-refractivity contribution in [3.8, 4) is 0 Å². The van der Waals surface area contributed by atoms with E-state index in [-0.39, 0.29) is 11.9 Å². The van der Waals surface area contributed by atoms with Gasteiger partial charge < -0.3 is 9.84 Å². The number of benzene rings is 1. The molecule has 3 heteroatoms. The van der Waals surface area contributed by atoms with Crippen molar-refractivity contribution in [2.45, 2.75) is 52.2 Å². The van der Waals surface area contributed by atoms with Gasteiger partial charge in [0.15, 0.2) is 0 Å². The van der Waals surface area contributed by atoms with Crippen molar-refractivity contribution in [3.05, 3.63) is 35.9 Å². The molecule has 0 aliphatic carbocycles. The minimum absolute atomic E-state index is 0.108. The van der Waals surface area contributed by atoms with Crippen LogP contribution in [-0.4, -0.2) is 22.8 Å². The smallest absolute Gasteiger partial charge is 0.311 e. The first kappa shape index (κ1) is 15.7. The van der Waals surface area contributed by atoms with Gasteiger partial charge in [-0.15, -0.1) is 0 Å². The van der Waals surface area contributed by atoms with E-state index in [0.717, 1.165) is 5.56 Å². The number of hydrogen-bond acceptors (Lipinski definition) is 3. The summed E-state index contributed by atoms with van der Waals surface area (Å²) < 4.78 is 5.31. The molecule has 1 rings (SSSR count). The Morgan fingerprint density at radius 3 is 2.16 bits per heavy atom. The fraction of sp³-hybridized carbons (Fsp3) is 0.562. The summed E-state index contributed by atoms with van der Waals surface area (Å²) in [7, 11) is 0. The maximum absolute atomic E-state index is 12.0. The zero-order valence-corrected chi connectivity index (χ0v) is 12.4. The molecule has 0 spiro atoms. The lowest BCUT2D eigenvalue weighted by Crippen LogP contribution is -2.35. The van der Waals surface area contributed by atoms with Gasteiger partial charge in [-0.1, -0.05) is 37.3 Å². The molecule has 19 heavy (non-hydrogen) atoms. The van der Waals surface area contributed by atoms with E-state index in [1.807, 2.05) is 58.0 Å². The lowest BCUT2D eigenvalue weighted by molar-refractivity contribution is -0.163. The van der Waals surface area contributed by atoms with Crippen LogP contribution in [0.5, 0.6) is 0 Å². The SMILES string of the molecule is C[C@H](c1ccccc1)[C@@H](O)[C@@H](C)C(=O)OC(C)(C)C. The maximum Gasteiger partial charge on any atom is 0.311 e. The van der Waals surface area contributed by atoms with Crippen molar-refractivity contribution in [3.63, 3.8) is 0 Å². The predicted octanol–water partition coefficient (Wildman–Crippen LogP) is 3.13. The molecule has 0 radical (unpaired) electrons. The third-order valence-electron chi connectivity index (χ3n) is 3.13. The number of rotatable bonds is 4. The summed E-state index contributed by atoms with van der Waals surface area (Å²) in [6.07, 6.45) is -0.753. The Bertz CT molecular complexity index is 406. The Morgan fingerprint density at radius 1 is 1.16 bits per heavy atom. The van der Waals surface area contributed by atoms with Crippen molar-refractivity contribution in [2.75, 3.05) is 0 Å². The molecule has 0 fully saturated rings. The van der Waals surface area contributed by atoms with Crippen LogP contribution in [0, 0.1) is 5.92 Å². The van der Waals surface area contributed by atoms with Crippen LogP contribution < -0.4 is 0 Å². The number of esters is 1. The molecule has 1 aromatic carbocycles. The summed E-state index contributed by atoms with van der Waals surface area (Å²) >= 11 is 0. The number of ether oxygens (including phenoxy) is 1. The van der Waals surface area contributed by atoms with Gasteiger partial charge in [0.2, 0.25) is 0 Å². The molecular weight excluding hydrogens is 240 g/mol. The van der Waals surface area contributed by atoms with Gasteiger partial charge in [-0.3, -0.25) is 4.79 Å². The largest absolute Gasteiger partial charge is 0.460 e. The van der Waals surface area contributed by atoms with Crippen LogP contribution >= 0.6 is 0 Å². The average molecular weight is 264 g/mol. The molecule has 1 N–H and O–H groups in total. The molecule has 0 saturated heterocycles. The van der Waals surface area contributed by atoms with Crippen molar-refractivity contribution >= 4 is 5.97 Å². The minimum atomic E-state index is -0.753. The molecule has 0 amide bonds. The Hall–Kier alpha value is -1.35. The van der Waals surface area contributed by atoms with Gasteiger partial charge in [0.1, 0.15) is 5.60 Å². The Balaban J connectivity index is 2.72. The van der Waals surface area contributed by atoms with E-state index >= 15 is 0 Å². The molecule has 1 aromatic rings. The third-order valence-corrected chi connectivity index (χ3v) is 3.13. The monoisotopic (exact) mass is 264 g/mol. The highest BCUT2D eigenvalue weighted by Crippen LogP contribution is 2.25. The Morgan fingerprint density at radius 2 is 1.68 bits per heavy atom. The van der Waals surface area contributed by atoms with Gasteiger partial charge in [-0.05, 0) is 33.3 Å². The lowest BCUT2D eigenvalue weighted by atomic mass is 9.88. The van der Waals surface area contributed by atoms with Gasteiger partial charge in [0.25, 0.3) is 0 Å². The van der Waals surface area contributed by atoms with E-state index in [0.29, 0.717) is 0 Å². The van der Waals surface area contributed by atoms with Crippen LogP contribution in [0.1, 0.15) is 46.1 Å². The first-order valence-corrected chi connectivity index (χ1v) is 6.68. The van der Waals surface area contributed by atoms with Crippen molar-refractivity contribution in [1.82, 2.24) is 0 Å². The number of hydrogen-bond donors (Lipinski definition) is 1. The Labute approximate surface area is 115 Å². The van der Waals surface area contributed by atoms with Crippen LogP contribution in [0.3, 0.4) is 0 Å². The van der Waals surface area contributed by atoms with Gasteiger partial charge in [-0.25, -0.2) is 0 Å². The van der Waals surface area contributed by atoms with Gasteiger partial charge in [-0.2, -0.15) is 0 Å². The fourth-order valence-electron chi connectivity index (χ4n) is 1.92. The van der Waals surface area contributed by atoms with Crippen molar-refractivity contribution in [1.29, 1.82) is 0 Å². The normalized spacial score (nSPS) is 16.5. The number of carbonyl (C=O) groups is 1. The second kappa shape index (κ2) is 6.20. The van der Waals surface area contributed by atoms with E-state index < -0.39 is 17.6 Å². The van der Waals surface area contributed by atoms with Crippen molar-refractivity contribution in [2.24, 2.45) is 5.92 Å². The quantitative estimate of drug-likeness (QED) is 0.850. The first-order chi connectivity index (χ1) is 8.72. The van der Waals surface area contributed by atoms with Crippen LogP contribution in [0.2, 0.25) is 0 Å². The number of aliphatic hydroxyl groups excluding tert-OH is 1. The molecule has 3 nitrogen and oxygen atoms in total. The van der Waals surface area contributed by atoms with E-state index in [1.165, 1.54) is 0 Å². The molecule has 0 saturated carbocycles. The molecule has 0 bridgehead atoms. The average Bonchev–Trinajstić information content (AvgIpc) is 2.35. The van der Waals surface area contributed by atoms with Crippen LogP contribution in [-0.2, 0) is 9.53 Å². The van der Waals surface area contributed by atoms with Crippen LogP contribution in [0.25, 0.3) is 0 Å². The zero-order chi connectivity index (χ0) is 14.6. The highest BCUT2D eigenvalue weighted by atomic mass is 16.6. The molecule has 0 unspecified atom stereocenters. The predicted molar refractivity (Wildman–Crippen MR) is 75.9 cm³/mol. The van der Waals surface area contributed by atoms with Gasteiger partial charge in [0, 0.05) is 5.92 Å². The van der Waals surface area contributed by atoms with E-state index in [9.17, 15) is 9.90 Å². The van der Waals surface area contributed by atoms with Gasteiger partial charge in [0.05, 0.1) is 12.0 Å². The summed E-state index contributed by atoms with van der Waals surface area (Å²) in [6, 6.07) is 9.69. The van der Waals surface area contributed by atoms with Crippen molar-refractivity contribution < 1.29 is 14.6 Å². The summed E-state index contributed by atoms with van der Waals surface area (Å²) in [4.78, 5) is 12.0. The first-order valence-electron chi connectivity index (χ1n) is 6.68. The second-order valence-electron chi connectivity index (χ2n) is 6.01. The summed E-state index contributed by atoms with van der Waals surface area (Å²) in [5.41, 5.74) is 0.492. The highest BCUT2D eigenvalue weighted by molar-refractivity contribution is 5.73. The molecular formula is C16H24O3. The highest BCUT2D eigenvalue weighted by Gasteiger charge is 2.31. The summed E-state index contributed by atoms with van der Waals surface area (Å²) in [6.45, 7) is 9.10. The molecule has 0 aromatic heterocycles. The van der Waals surface area contributed by atoms with E-state index in [4.69, 9.17) is 4.74 Å². The minimum Gasteiger partial charge on any atom is -0.460 e. The standard InChI is InChI=1S/C16H24O3/c1-11(13-9-7-6-8-10-13)14(17)12(2)15(18)19-16(3,4)5/h6-12,14,17H,1-5H3/t11-,12-,14-/m1/s1. The lowest BCUT2D eigenvalue weighted by Gasteiger charge is -2.27. The van der Waals surface area contributed by atoms with E-state index in [1.54, 1.807) is 6.92 Å². The van der Waals surface area contributed by atoms with Crippen LogP contribution in [0.15, 0.2) is 30.3 Å². The number of aliphatic hydroxyl groups is 1. The molecule has 106 valence electrons. The molecule has 0 aliphatic heterocycles. The summed E-state index contributed by atoms with van der Waals surface area (Å²) in [5, 5.41) is 10.3. The van der Waals surface area contributed by atoms with E-state index in [2.05, 4.69) is 0 Å². The fourth-order valence-corrected chi connectivity index (χ4v) is 1.92. The molecule has 3 atom stereocenters. The topological polar surface area (TPSA) is 46.5 Å². The molecule has 0 heterocycles. The zero-order valence-electron chi connectivity index (χ0n) is 12.4. The van der Waals surface area contributed by atoms with Crippen LogP contribution in [0.4, 0.5) is 0 Å².